The first kappa shape index (κ1) is 15.7. The summed E-state index contributed by atoms with van der Waals surface area (Å²) in [5.74, 6) is -1.53. The number of nitrogens with one attached hydrogen (secondary N) is 1. The normalized spacial score (nSPS) is 11.4. The molecule has 112 valence electrons. The minimum Gasteiger partial charge on any atom is -0.398 e. The molecule has 2 aromatic rings. The third-order valence-corrected chi connectivity index (χ3v) is 4.85. The van der Waals surface area contributed by atoms with E-state index in [1.807, 2.05) is 0 Å². The van der Waals surface area contributed by atoms with Gasteiger partial charge < -0.3 is 5.73 Å². The third kappa shape index (κ3) is 3.33. The SMILES string of the molecule is Cc1ccc(NS(=O)(=O)c2cc(N)c(Br)cc2F)cc1F. The van der Waals surface area contributed by atoms with Crippen LogP contribution < -0.4 is 10.5 Å². The first-order valence-corrected chi connectivity index (χ1v) is 8.02. The summed E-state index contributed by atoms with van der Waals surface area (Å²) in [4.78, 5) is -0.607. The number of hydrogen-bond donors (Lipinski definition) is 2. The van der Waals surface area contributed by atoms with Crippen molar-refractivity contribution in [1.29, 1.82) is 0 Å². The minimum absolute atomic E-state index is 0.000935. The fourth-order valence-electron chi connectivity index (χ4n) is 1.62. The van der Waals surface area contributed by atoms with Crippen molar-refractivity contribution in [1.82, 2.24) is 0 Å². The minimum atomic E-state index is -4.21. The van der Waals surface area contributed by atoms with Gasteiger partial charge in [0.15, 0.2) is 0 Å². The number of aryl methyl sites for hydroxylation is 1. The van der Waals surface area contributed by atoms with Crippen LogP contribution in [0.2, 0.25) is 0 Å². The molecule has 0 aliphatic carbocycles. The Hall–Kier alpha value is -1.67. The topological polar surface area (TPSA) is 72.2 Å². The second-order valence-corrected chi connectivity index (χ2v) is 6.88. The fourth-order valence-corrected chi connectivity index (χ4v) is 3.08. The summed E-state index contributed by atoms with van der Waals surface area (Å²) in [6, 6.07) is 5.77. The van der Waals surface area contributed by atoms with E-state index in [0.29, 0.717) is 5.56 Å². The molecule has 0 radical (unpaired) electrons. The Labute approximate surface area is 129 Å². The summed E-state index contributed by atoms with van der Waals surface area (Å²) < 4.78 is 53.8. The van der Waals surface area contributed by atoms with Gasteiger partial charge in [-0.05, 0) is 52.7 Å². The summed E-state index contributed by atoms with van der Waals surface area (Å²) in [6.45, 7) is 1.54. The lowest BCUT2D eigenvalue weighted by molar-refractivity contribution is 0.570. The standard InChI is InChI=1S/C13H11BrF2N2O2S/c1-7-2-3-8(4-10(7)15)18-21(19,20)13-6-12(17)9(14)5-11(13)16/h2-6,18H,17H2,1H3. The van der Waals surface area contributed by atoms with Gasteiger partial charge in [0.1, 0.15) is 16.5 Å². The van der Waals surface area contributed by atoms with Gasteiger partial charge in [0.2, 0.25) is 0 Å². The molecule has 0 saturated carbocycles. The zero-order valence-corrected chi connectivity index (χ0v) is 13.2. The molecular formula is C13H11BrF2N2O2S. The van der Waals surface area contributed by atoms with Gasteiger partial charge >= 0.3 is 0 Å². The molecular weight excluding hydrogens is 366 g/mol. The van der Waals surface area contributed by atoms with Crippen LogP contribution in [0.4, 0.5) is 20.2 Å². The Morgan fingerprint density at radius 2 is 1.81 bits per heavy atom. The molecule has 0 aromatic heterocycles. The number of rotatable bonds is 3. The Morgan fingerprint density at radius 1 is 1.14 bits per heavy atom. The van der Waals surface area contributed by atoms with E-state index in [1.54, 1.807) is 6.92 Å². The second kappa shape index (κ2) is 5.61. The van der Waals surface area contributed by atoms with Gasteiger partial charge in [-0.25, -0.2) is 17.2 Å². The maximum atomic E-state index is 13.8. The van der Waals surface area contributed by atoms with Gasteiger partial charge in [-0.15, -0.1) is 0 Å². The summed E-state index contributed by atoms with van der Waals surface area (Å²) in [6.07, 6.45) is 0. The summed E-state index contributed by atoms with van der Waals surface area (Å²) in [5.41, 5.74) is 6.00. The van der Waals surface area contributed by atoms with E-state index in [4.69, 9.17) is 5.73 Å². The molecule has 4 nitrogen and oxygen atoms in total. The largest absolute Gasteiger partial charge is 0.398 e. The number of benzene rings is 2. The highest BCUT2D eigenvalue weighted by Gasteiger charge is 2.21. The highest BCUT2D eigenvalue weighted by atomic mass is 79.9. The van der Waals surface area contributed by atoms with Gasteiger partial charge in [0, 0.05) is 10.2 Å². The maximum Gasteiger partial charge on any atom is 0.264 e. The maximum absolute atomic E-state index is 13.8. The molecule has 0 saturated heterocycles. The van der Waals surface area contributed by atoms with Crippen LogP contribution in [0.5, 0.6) is 0 Å². The van der Waals surface area contributed by atoms with Crippen LogP contribution in [-0.2, 0) is 10.0 Å². The van der Waals surface area contributed by atoms with Crippen LogP contribution in [0.25, 0.3) is 0 Å². The Bertz CT molecular complexity index is 810. The summed E-state index contributed by atoms with van der Waals surface area (Å²) in [5, 5.41) is 0. The van der Waals surface area contributed by atoms with Gasteiger partial charge in [-0.2, -0.15) is 0 Å². The first-order valence-electron chi connectivity index (χ1n) is 5.74. The molecule has 2 rings (SSSR count). The highest BCUT2D eigenvalue weighted by Crippen LogP contribution is 2.27. The van der Waals surface area contributed by atoms with E-state index >= 15 is 0 Å². The molecule has 8 heteroatoms. The summed E-state index contributed by atoms with van der Waals surface area (Å²) in [7, 11) is -4.21. The molecule has 3 N–H and O–H groups in total. The van der Waals surface area contributed by atoms with Crippen molar-refractivity contribution in [3.63, 3.8) is 0 Å². The fraction of sp³-hybridized carbons (Fsp3) is 0.0769. The van der Waals surface area contributed by atoms with Crippen LogP contribution >= 0.6 is 15.9 Å². The molecule has 0 aliphatic rings. The molecule has 0 amide bonds. The van der Waals surface area contributed by atoms with Crippen molar-refractivity contribution in [2.75, 3.05) is 10.5 Å². The van der Waals surface area contributed by atoms with Crippen LogP contribution in [-0.4, -0.2) is 8.42 Å². The number of hydrogen-bond acceptors (Lipinski definition) is 3. The zero-order valence-electron chi connectivity index (χ0n) is 10.8. The number of nitrogens with two attached hydrogens (primary N) is 1. The van der Waals surface area contributed by atoms with E-state index in [-0.39, 0.29) is 15.8 Å². The zero-order chi connectivity index (χ0) is 15.8. The van der Waals surface area contributed by atoms with Crippen molar-refractivity contribution in [3.05, 3.63) is 52.0 Å². The third-order valence-electron chi connectivity index (χ3n) is 2.76. The lowest BCUT2D eigenvalue weighted by atomic mass is 10.2. The van der Waals surface area contributed by atoms with Gasteiger partial charge in [-0.3, -0.25) is 4.72 Å². The van der Waals surface area contributed by atoms with Crippen molar-refractivity contribution in [2.24, 2.45) is 0 Å². The Balaban J connectivity index is 2.43. The van der Waals surface area contributed by atoms with Gasteiger partial charge in [-0.1, -0.05) is 6.07 Å². The lowest BCUT2D eigenvalue weighted by Crippen LogP contribution is -2.15. The Morgan fingerprint density at radius 3 is 2.43 bits per heavy atom. The van der Waals surface area contributed by atoms with Gasteiger partial charge in [0.25, 0.3) is 10.0 Å². The number of anilines is 2. The average molecular weight is 377 g/mol. The van der Waals surface area contributed by atoms with E-state index in [0.717, 1.165) is 18.2 Å². The monoisotopic (exact) mass is 376 g/mol. The number of nitrogen functional groups attached to an aromatic ring is 1. The molecule has 2 aromatic carbocycles. The van der Waals surface area contributed by atoms with E-state index < -0.39 is 26.6 Å². The predicted molar refractivity (Wildman–Crippen MR) is 80.5 cm³/mol. The average Bonchev–Trinajstić information content (AvgIpc) is 2.37. The van der Waals surface area contributed by atoms with Crippen molar-refractivity contribution >= 4 is 37.3 Å². The quantitative estimate of drug-likeness (QED) is 0.806. The van der Waals surface area contributed by atoms with Crippen molar-refractivity contribution in [2.45, 2.75) is 11.8 Å². The molecule has 0 aliphatic heterocycles. The second-order valence-electron chi connectivity index (χ2n) is 4.37. The first-order chi connectivity index (χ1) is 9.70. The molecule has 21 heavy (non-hydrogen) atoms. The number of sulfonamides is 1. The molecule has 0 unspecified atom stereocenters. The van der Waals surface area contributed by atoms with Crippen LogP contribution in [0.3, 0.4) is 0 Å². The van der Waals surface area contributed by atoms with E-state index in [2.05, 4.69) is 20.7 Å². The smallest absolute Gasteiger partial charge is 0.264 e. The molecule has 0 fully saturated rings. The van der Waals surface area contributed by atoms with Crippen LogP contribution in [0.15, 0.2) is 39.7 Å². The molecule has 0 atom stereocenters. The Kier molecular flexibility index (Phi) is 4.20. The van der Waals surface area contributed by atoms with Gasteiger partial charge in [0.05, 0.1) is 5.69 Å². The highest BCUT2D eigenvalue weighted by molar-refractivity contribution is 9.10. The van der Waals surface area contributed by atoms with E-state index in [9.17, 15) is 17.2 Å². The molecule has 0 bridgehead atoms. The van der Waals surface area contributed by atoms with Crippen LogP contribution in [0, 0.1) is 18.6 Å². The predicted octanol–water partition coefficient (Wildman–Crippen LogP) is 3.42. The molecule has 0 spiro atoms. The lowest BCUT2D eigenvalue weighted by Gasteiger charge is -2.11. The number of halogens is 3. The summed E-state index contributed by atoms with van der Waals surface area (Å²) >= 11 is 3.00. The molecule has 0 heterocycles. The van der Waals surface area contributed by atoms with Crippen molar-refractivity contribution < 1.29 is 17.2 Å². The van der Waals surface area contributed by atoms with E-state index in [1.165, 1.54) is 12.1 Å². The van der Waals surface area contributed by atoms with Crippen LogP contribution in [0.1, 0.15) is 5.56 Å². The van der Waals surface area contributed by atoms with Crippen molar-refractivity contribution in [3.8, 4) is 0 Å².